The van der Waals surface area contributed by atoms with Crippen LogP contribution in [-0.2, 0) is 25.5 Å². The smallest absolute Gasteiger partial charge is 0.408 e. The predicted octanol–water partition coefficient (Wildman–Crippen LogP) is 1.89. The van der Waals surface area contributed by atoms with Gasteiger partial charge < -0.3 is 61.6 Å². The van der Waals surface area contributed by atoms with E-state index >= 15 is 0 Å². The van der Waals surface area contributed by atoms with Gasteiger partial charge >= 0.3 is 12.1 Å². The summed E-state index contributed by atoms with van der Waals surface area (Å²) in [5, 5.41) is 66.1. The van der Waals surface area contributed by atoms with Crippen LogP contribution in [0.25, 0.3) is 10.9 Å². The van der Waals surface area contributed by atoms with Crippen LogP contribution in [-0.4, -0.2) is 122 Å². The van der Waals surface area contributed by atoms with Crippen LogP contribution in [0.5, 0.6) is 0 Å². The molecule has 58 heavy (non-hydrogen) atoms. The number of H-pyrrole nitrogens is 1. The molecule has 3 aromatic rings. The minimum Gasteiger partial charge on any atom is -0.481 e. The lowest BCUT2D eigenvalue weighted by atomic mass is 9.70. The van der Waals surface area contributed by atoms with Gasteiger partial charge in [0.2, 0.25) is 11.8 Å². The number of amides is 3. The van der Waals surface area contributed by atoms with Gasteiger partial charge in [0.25, 0.3) is 0 Å². The first-order chi connectivity index (χ1) is 27.4. The Bertz CT molecular complexity index is 1840. The number of alkyl carbamates (subject to hydrolysis) is 1. The average molecular weight is 812 g/mol. The summed E-state index contributed by atoms with van der Waals surface area (Å²) in [5.74, 6) is -1.46. The summed E-state index contributed by atoms with van der Waals surface area (Å²) in [6.07, 6.45) is -2.04. The van der Waals surface area contributed by atoms with Crippen molar-refractivity contribution in [3.63, 3.8) is 0 Å². The zero-order valence-electron chi connectivity index (χ0n) is 33.9. The average Bonchev–Trinajstić information content (AvgIpc) is 3.76. The first-order valence-corrected chi connectivity index (χ1v) is 19.7. The Kier molecular flexibility index (Phi) is 15.8. The van der Waals surface area contributed by atoms with Crippen LogP contribution < -0.4 is 21.3 Å². The van der Waals surface area contributed by atoms with Crippen LogP contribution in [0.15, 0.2) is 60.8 Å². The number of carboxylic acid groups (broad SMARTS) is 1. The molecule has 11 N–H and O–H groups in total. The molecule has 1 aromatic heterocycles. The van der Waals surface area contributed by atoms with Crippen molar-refractivity contribution in [2.45, 2.75) is 108 Å². The summed E-state index contributed by atoms with van der Waals surface area (Å²) in [6, 6.07) is 16.3. The van der Waals surface area contributed by atoms with Crippen molar-refractivity contribution in [1.29, 1.82) is 0 Å². The Balaban J connectivity index is 0.000000492. The lowest BCUT2D eigenvalue weighted by Gasteiger charge is -2.39. The molecule has 2 aliphatic carbocycles. The predicted molar refractivity (Wildman–Crippen MR) is 215 cm³/mol. The number of hydrogen-bond donors (Lipinski definition) is 11. The summed E-state index contributed by atoms with van der Waals surface area (Å²) in [6.45, 7) is 7.85. The third-order valence-corrected chi connectivity index (χ3v) is 12.4. The highest BCUT2D eigenvalue weighted by atomic mass is 16.6. The topological polar surface area (TPSA) is 263 Å². The maximum Gasteiger partial charge on any atom is 0.408 e. The lowest BCUT2D eigenvalue weighted by molar-refractivity contribution is -0.138. The Morgan fingerprint density at radius 3 is 2.19 bits per heavy atom. The van der Waals surface area contributed by atoms with Crippen molar-refractivity contribution in [2.24, 2.45) is 16.7 Å². The zero-order chi connectivity index (χ0) is 42.8. The van der Waals surface area contributed by atoms with Crippen molar-refractivity contribution >= 4 is 34.8 Å². The van der Waals surface area contributed by atoms with Crippen LogP contribution in [0.3, 0.4) is 0 Å². The Labute approximate surface area is 338 Å². The molecule has 2 bridgehead atoms. The molecule has 0 radical (unpaired) electrons. The minimum atomic E-state index is -1.55. The number of aromatic amines is 1. The normalized spacial score (nSPS) is 22.9. The van der Waals surface area contributed by atoms with Crippen LogP contribution >= 0.6 is 0 Å². The van der Waals surface area contributed by atoms with E-state index in [9.17, 15) is 24.3 Å². The maximum absolute atomic E-state index is 14.0. The Hall–Kier alpha value is -4.58. The number of ether oxygens (including phenoxy) is 1. The molecule has 0 spiro atoms. The van der Waals surface area contributed by atoms with E-state index in [-0.39, 0.29) is 49.3 Å². The van der Waals surface area contributed by atoms with Gasteiger partial charge in [-0.25, -0.2) is 4.79 Å². The number of para-hydroxylation sites is 1. The molecule has 16 nitrogen and oxygen atoms in total. The van der Waals surface area contributed by atoms with Gasteiger partial charge in [-0.1, -0.05) is 69.3 Å². The van der Waals surface area contributed by atoms with Crippen molar-refractivity contribution in [3.05, 3.63) is 71.9 Å². The van der Waals surface area contributed by atoms with Crippen LogP contribution in [0.1, 0.15) is 77.0 Å². The molecule has 1 heterocycles. The van der Waals surface area contributed by atoms with E-state index in [1.807, 2.05) is 60.8 Å². The highest BCUT2D eigenvalue weighted by Gasteiger charge is 2.63. The number of carbonyl (C=O) groups excluding carboxylic acids is 3. The SMILES string of the molecule is CC1(C)[C@H]2CC[C@@]1(C)[C@H](OC(=O)N[C@](C)(Cc1c[nH]c3ccccc13)C(=O)NC[C@H](NC(=O)CCC(=O)O)c1ccccc1)C2.CNC[C@H](O)[C@@H](O)[C@H](O)[C@H](O)CO. The molecule has 16 heteroatoms. The van der Waals surface area contributed by atoms with E-state index in [2.05, 4.69) is 47.0 Å². The number of carboxylic acids is 1. The van der Waals surface area contributed by atoms with Gasteiger partial charge in [0.1, 0.15) is 30.0 Å². The molecule has 2 saturated carbocycles. The molecule has 5 rings (SSSR count). The van der Waals surface area contributed by atoms with Crippen LogP contribution in [0, 0.1) is 16.7 Å². The van der Waals surface area contributed by atoms with Crippen molar-refractivity contribution in [2.75, 3.05) is 26.7 Å². The third-order valence-electron chi connectivity index (χ3n) is 12.4. The summed E-state index contributed by atoms with van der Waals surface area (Å²) in [4.78, 5) is 54.4. The number of hydrogen-bond acceptors (Lipinski definition) is 11. The summed E-state index contributed by atoms with van der Waals surface area (Å²) < 4.78 is 6.09. The number of benzene rings is 2. The Morgan fingerprint density at radius 2 is 1.59 bits per heavy atom. The number of carbonyl (C=O) groups is 4. The number of likely N-dealkylation sites (N-methyl/N-ethyl adjacent to an activating group) is 1. The van der Waals surface area contributed by atoms with Crippen LogP contribution in [0.2, 0.25) is 0 Å². The standard InChI is InChI=1S/C35H44N4O6.C7H17NO5/c1-33(2)24-16-17-34(33,3)28(18-24)45-32(44)39-35(4,19-23-20-36-26-13-9-8-12-25(23)26)31(43)37-21-27(22-10-6-5-7-11-22)38-29(40)14-15-30(41)42;1-8-2-4(10)6(12)7(13)5(11)3-9/h5-13,20,24,27-28,36H,14-19,21H2,1-4H3,(H,37,43)(H,38,40)(H,39,44)(H,41,42);4-13H,2-3H2,1H3/t24-,27-,28+,34-,35+;4-,5+,6+,7+/m00/s1. The van der Waals surface area contributed by atoms with Gasteiger partial charge in [0.05, 0.1) is 25.2 Å². The number of aliphatic carboxylic acids is 1. The second-order valence-corrected chi connectivity index (χ2v) is 16.5. The summed E-state index contributed by atoms with van der Waals surface area (Å²) in [7, 11) is 1.57. The van der Waals surface area contributed by atoms with Crippen LogP contribution in [0.4, 0.5) is 4.79 Å². The fourth-order valence-electron chi connectivity index (χ4n) is 8.24. The number of rotatable bonds is 18. The molecule has 2 fully saturated rings. The quantitative estimate of drug-likeness (QED) is 0.0881. The number of fused-ring (bicyclic) bond motifs is 3. The molecule has 0 aliphatic heterocycles. The maximum atomic E-state index is 14.0. The fraction of sp³-hybridized carbons (Fsp3) is 0.571. The van der Waals surface area contributed by atoms with Crippen molar-refractivity contribution in [1.82, 2.24) is 26.3 Å². The van der Waals surface area contributed by atoms with Gasteiger partial charge in [-0.15, -0.1) is 0 Å². The largest absolute Gasteiger partial charge is 0.481 e. The number of aliphatic hydroxyl groups is 5. The van der Waals surface area contributed by atoms with Gasteiger partial charge in [0, 0.05) is 48.4 Å². The highest BCUT2D eigenvalue weighted by molar-refractivity contribution is 5.91. The van der Waals surface area contributed by atoms with Gasteiger partial charge in [-0.2, -0.15) is 0 Å². The summed E-state index contributed by atoms with van der Waals surface area (Å²) in [5.41, 5.74) is 1.06. The monoisotopic (exact) mass is 811 g/mol. The molecule has 2 aliphatic rings. The highest BCUT2D eigenvalue weighted by Crippen LogP contribution is 2.66. The minimum absolute atomic E-state index is 0.0262. The molecule has 0 saturated heterocycles. The van der Waals surface area contributed by atoms with E-state index < -0.39 is 66.5 Å². The molecular weight excluding hydrogens is 750 g/mol. The first-order valence-electron chi connectivity index (χ1n) is 19.7. The second kappa shape index (κ2) is 19.9. The molecule has 0 unspecified atom stereocenters. The van der Waals surface area contributed by atoms with E-state index in [0.29, 0.717) is 5.92 Å². The molecular formula is C42H61N5O11. The third kappa shape index (κ3) is 10.9. The van der Waals surface area contributed by atoms with E-state index in [0.717, 1.165) is 41.3 Å². The van der Waals surface area contributed by atoms with E-state index in [4.69, 9.17) is 30.3 Å². The van der Waals surface area contributed by atoms with Crippen molar-refractivity contribution < 1.29 is 54.6 Å². The molecule has 3 amide bonds. The fourth-order valence-corrected chi connectivity index (χ4v) is 8.24. The van der Waals surface area contributed by atoms with Gasteiger partial charge in [-0.3, -0.25) is 14.4 Å². The zero-order valence-corrected chi connectivity index (χ0v) is 33.9. The van der Waals surface area contributed by atoms with Crippen molar-refractivity contribution in [3.8, 4) is 0 Å². The second-order valence-electron chi connectivity index (χ2n) is 16.5. The number of aromatic nitrogens is 1. The van der Waals surface area contributed by atoms with Gasteiger partial charge in [0.15, 0.2) is 0 Å². The van der Waals surface area contributed by atoms with E-state index in [1.165, 1.54) is 0 Å². The van der Waals surface area contributed by atoms with Gasteiger partial charge in [-0.05, 0) is 61.8 Å². The Morgan fingerprint density at radius 1 is 0.931 bits per heavy atom. The molecule has 2 aromatic carbocycles. The van der Waals surface area contributed by atoms with E-state index in [1.54, 1.807) is 14.0 Å². The number of nitrogens with one attached hydrogen (secondary N) is 5. The summed E-state index contributed by atoms with van der Waals surface area (Å²) >= 11 is 0. The molecule has 9 atom stereocenters. The lowest BCUT2D eigenvalue weighted by Crippen LogP contribution is -2.59. The number of aliphatic hydroxyl groups excluding tert-OH is 5. The molecule has 320 valence electrons. The first kappa shape index (κ1) is 46.1.